The molecule has 0 aliphatic carbocycles. The summed E-state index contributed by atoms with van der Waals surface area (Å²) < 4.78 is 22.3. The molecule has 2 fully saturated rings. The summed E-state index contributed by atoms with van der Waals surface area (Å²) in [5.41, 5.74) is -1.36. The number of phenolic OH excluding ortho intramolecular Hbond substituents is 2. The van der Waals surface area contributed by atoms with E-state index in [0.717, 1.165) is 12.1 Å². The summed E-state index contributed by atoms with van der Waals surface area (Å²) in [4.78, 5) is 13.1. The maximum atomic E-state index is 13.7. The fourth-order valence-corrected chi connectivity index (χ4v) is 5.14. The monoisotopic (exact) mass is 593 g/mol. The molecule has 2 aliphatic heterocycles. The molecule has 2 aliphatic rings. The van der Waals surface area contributed by atoms with Crippen molar-refractivity contribution in [2.75, 3.05) is 13.2 Å². The first kappa shape index (κ1) is 30.1. The van der Waals surface area contributed by atoms with Gasteiger partial charge in [0.05, 0.1) is 18.6 Å². The van der Waals surface area contributed by atoms with Gasteiger partial charge in [0.15, 0.2) is 11.7 Å². The van der Waals surface area contributed by atoms with Crippen molar-refractivity contribution in [2.24, 2.45) is 0 Å². The maximum Gasteiger partial charge on any atom is 0.192 e. The third-order valence-electron chi connectivity index (χ3n) is 7.43. The lowest BCUT2D eigenvalue weighted by Crippen LogP contribution is -2.62. The number of fused-ring (bicyclic) bond motifs is 1. The number of aliphatic hydroxyl groups excluding tert-OH is 7. The first-order chi connectivity index (χ1) is 20.0. The fraction of sp³-hybridized carbons (Fsp3) is 0.444. The summed E-state index contributed by atoms with van der Waals surface area (Å²) >= 11 is 0. The van der Waals surface area contributed by atoms with Gasteiger partial charge in [-0.05, 0) is 24.3 Å². The van der Waals surface area contributed by atoms with Crippen molar-refractivity contribution in [3.63, 3.8) is 0 Å². The number of rotatable bonds is 6. The van der Waals surface area contributed by atoms with E-state index in [9.17, 15) is 55.9 Å². The average Bonchev–Trinajstić information content (AvgIpc) is 2.96. The summed E-state index contributed by atoms with van der Waals surface area (Å²) in [6.07, 6.45) is -17.7. The van der Waals surface area contributed by atoms with E-state index in [0.29, 0.717) is 5.56 Å². The van der Waals surface area contributed by atoms with Gasteiger partial charge in [0.2, 0.25) is 0 Å². The van der Waals surface area contributed by atoms with Crippen molar-refractivity contribution < 1.29 is 69.7 Å². The molecule has 0 saturated carbocycles. The Morgan fingerprint density at radius 3 is 2.07 bits per heavy atom. The highest BCUT2D eigenvalue weighted by Crippen LogP contribution is 2.45. The van der Waals surface area contributed by atoms with Crippen LogP contribution in [0.2, 0.25) is 0 Å². The second kappa shape index (κ2) is 11.7. The topological polar surface area (TPSA) is 263 Å². The van der Waals surface area contributed by atoms with Crippen LogP contribution in [-0.4, -0.2) is 114 Å². The summed E-state index contributed by atoms with van der Waals surface area (Å²) in [6.45, 7) is -1.65. The van der Waals surface area contributed by atoms with Crippen LogP contribution >= 0.6 is 0 Å². The predicted molar refractivity (Wildman–Crippen MR) is 136 cm³/mol. The van der Waals surface area contributed by atoms with Gasteiger partial charge in [-0.2, -0.15) is 0 Å². The van der Waals surface area contributed by atoms with Crippen LogP contribution in [0.25, 0.3) is 22.3 Å². The predicted octanol–water partition coefficient (Wildman–Crippen LogP) is -2.72. The third-order valence-corrected chi connectivity index (χ3v) is 7.43. The largest absolute Gasteiger partial charge is 0.872 e. The van der Waals surface area contributed by atoms with Crippen molar-refractivity contribution in [1.82, 2.24) is 0 Å². The van der Waals surface area contributed by atoms with Gasteiger partial charge in [-0.15, -0.1) is 0 Å². The molecular formula is C27H29O15-. The Labute approximate surface area is 236 Å². The van der Waals surface area contributed by atoms with E-state index in [2.05, 4.69) is 0 Å². The second-order valence-electron chi connectivity index (χ2n) is 10.1. The minimum Gasteiger partial charge on any atom is -0.872 e. The Balaban J connectivity index is 1.58. The Bertz CT molecular complexity index is 1470. The van der Waals surface area contributed by atoms with Crippen LogP contribution in [-0.2, 0) is 14.2 Å². The summed E-state index contributed by atoms with van der Waals surface area (Å²) in [5.74, 6) is -1.88. The van der Waals surface area contributed by atoms with Gasteiger partial charge < -0.3 is 69.7 Å². The van der Waals surface area contributed by atoms with Crippen LogP contribution in [0.3, 0.4) is 0 Å². The second-order valence-corrected chi connectivity index (χ2v) is 10.1. The molecule has 0 amide bonds. The molecule has 15 heteroatoms. The van der Waals surface area contributed by atoms with Crippen molar-refractivity contribution >= 4 is 11.0 Å². The molecule has 15 nitrogen and oxygen atoms in total. The number of aliphatic hydroxyl groups is 7. The standard InChI is InChI=1S/C27H30O15/c28-7-15-20(34)23(37)26(42-27-24(38)22(36)19(33)16(8-29)41-27)25(40-15)18-12(32)6-14-17(21(18)35)11(31)5-13(39-14)9-1-3-10(30)4-2-9/h1-6,15-16,19-20,22-30,32-38H,7-8H2/p-1/t15-,16-,19-,20-,22+,23+,24-,25+,26-,27?/m1/s1. The van der Waals surface area contributed by atoms with Gasteiger partial charge in [-0.1, -0.05) is 5.75 Å². The number of ether oxygens (including phenoxy) is 3. The lowest BCUT2D eigenvalue weighted by atomic mass is 9.89. The van der Waals surface area contributed by atoms with Gasteiger partial charge in [0.1, 0.15) is 77.8 Å². The van der Waals surface area contributed by atoms with E-state index in [-0.39, 0.29) is 17.1 Å². The molecule has 1 unspecified atom stereocenters. The molecule has 42 heavy (non-hydrogen) atoms. The number of hydrogen-bond acceptors (Lipinski definition) is 15. The molecule has 3 heterocycles. The van der Waals surface area contributed by atoms with E-state index in [4.69, 9.17) is 18.6 Å². The Morgan fingerprint density at radius 1 is 0.810 bits per heavy atom. The van der Waals surface area contributed by atoms with E-state index < -0.39 is 102 Å². The number of phenols is 2. The zero-order chi connectivity index (χ0) is 30.5. The average molecular weight is 594 g/mol. The molecular weight excluding hydrogens is 564 g/mol. The van der Waals surface area contributed by atoms with Gasteiger partial charge >= 0.3 is 0 Å². The molecule has 2 saturated heterocycles. The number of hydrogen-bond donors (Lipinski definition) is 9. The minimum atomic E-state index is -1.95. The first-order valence-corrected chi connectivity index (χ1v) is 12.8. The Hall–Kier alpha value is -3.35. The highest BCUT2D eigenvalue weighted by atomic mass is 16.7. The third kappa shape index (κ3) is 5.20. The van der Waals surface area contributed by atoms with Crippen LogP contribution in [0, 0.1) is 0 Å². The van der Waals surface area contributed by atoms with Crippen LogP contribution < -0.4 is 10.5 Å². The van der Waals surface area contributed by atoms with Crippen LogP contribution in [0.5, 0.6) is 17.2 Å². The molecule has 0 spiro atoms. The lowest BCUT2D eigenvalue weighted by Gasteiger charge is -2.47. The number of benzene rings is 2. The Kier molecular flexibility index (Phi) is 8.41. The summed E-state index contributed by atoms with van der Waals surface area (Å²) in [7, 11) is 0. The first-order valence-electron chi connectivity index (χ1n) is 12.8. The molecule has 10 atom stereocenters. The van der Waals surface area contributed by atoms with Crippen molar-refractivity contribution in [3.05, 3.63) is 52.2 Å². The van der Waals surface area contributed by atoms with Crippen LogP contribution in [0.1, 0.15) is 11.7 Å². The van der Waals surface area contributed by atoms with Crippen molar-refractivity contribution in [3.8, 4) is 28.6 Å². The van der Waals surface area contributed by atoms with Gasteiger partial charge in [-0.25, -0.2) is 0 Å². The zero-order valence-electron chi connectivity index (χ0n) is 21.6. The fourth-order valence-electron chi connectivity index (χ4n) is 5.14. The van der Waals surface area contributed by atoms with Crippen LogP contribution in [0.15, 0.2) is 45.6 Å². The Morgan fingerprint density at radius 2 is 1.43 bits per heavy atom. The summed E-state index contributed by atoms with van der Waals surface area (Å²) in [5, 5.41) is 105. The highest BCUT2D eigenvalue weighted by Gasteiger charge is 2.51. The molecule has 0 radical (unpaired) electrons. The molecule has 228 valence electrons. The van der Waals surface area contributed by atoms with Crippen LogP contribution in [0.4, 0.5) is 0 Å². The van der Waals surface area contributed by atoms with E-state index in [1.807, 2.05) is 0 Å². The van der Waals surface area contributed by atoms with E-state index >= 15 is 0 Å². The van der Waals surface area contributed by atoms with Crippen molar-refractivity contribution in [1.29, 1.82) is 0 Å². The maximum absolute atomic E-state index is 13.7. The molecule has 5 rings (SSSR count). The SMILES string of the molecule is O=c1cc(-c2ccc(O)cc2)oc2cc(O)c([C@@H]3O[C@H](CO)[C@@H](O)[C@H](O)[C@H]3OC3O[C@H](CO)[C@@H](O)[C@H](O)[C@H]3O)c([O-])c12. The van der Waals surface area contributed by atoms with Gasteiger partial charge in [-0.3, -0.25) is 4.79 Å². The van der Waals surface area contributed by atoms with E-state index in [1.54, 1.807) is 0 Å². The number of aromatic hydroxyl groups is 2. The quantitative estimate of drug-likeness (QED) is 0.141. The molecule has 3 aromatic rings. The minimum absolute atomic E-state index is 0.0238. The molecule has 0 bridgehead atoms. The zero-order valence-corrected chi connectivity index (χ0v) is 21.6. The smallest absolute Gasteiger partial charge is 0.192 e. The van der Waals surface area contributed by atoms with Crippen molar-refractivity contribution in [2.45, 2.75) is 61.2 Å². The molecule has 2 aromatic carbocycles. The summed E-state index contributed by atoms with van der Waals surface area (Å²) in [6, 6.07) is 7.61. The molecule has 1 aromatic heterocycles. The lowest BCUT2D eigenvalue weighted by molar-refractivity contribution is -0.344. The highest BCUT2D eigenvalue weighted by molar-refractivity contribution is 5.87. The van der Waals surface area contributed by atoms with E-state index in [1.165, 1.54) is 24.3 Å². The normalized spacial score (nSPS) is 33.6. The molecule has 9 N–H and O–H groups in total. The van der Waals surface area contributed by atoms with Gasteiger partial charge in [0.25, 0.3) is 0 Å². The van der Waals surface area contributed by atoms with Gasteiger partial charge in [0, 0.05) is 23.3 Å².